The highest BCUT2D eigenvalue weighted by Crippen LogP contribution is 2.49. The van der Waals surface area contributed by atoms with Crippen LogP contribution in [0.15, 0.2) is 48.6 Å². The molecule has 0 unspecified atom stereocenters. The molecule has 6 atom stereocenters. The average Bonchev–Trinajstić information content (AvgIpc) is 3.22. The Hall–Kier alpha value is -2.63. The molecule has 11 heteroatoms. The standard InChI is InChI=1S/C38H50ClN3O6S/c1-26-6-4-15-38(46-3,24-41-16-18-47-19-17-41)33-11-8-30(33)22-42-23-37(14-5-7-28-20-31(39)10-12-32(28)37)25-48-35-13-9-29(21-34(35)42)36(43)40-49(44,45)27(26)2/h4,9-10,12-13,15,20-21,26-27,30,33H,5-8,11,14,16-19,22-25H2,1-3H3,(H,40,43)/b15-4+/t26-,27+,30-,33+,37-,38+/m0/s1. The number of aryl methyl sites for hydroxylation is 1. The summed E-state index contributed by atoms with van der Waals surface area (Å²) >= 11 is 6.48. The fourth-order valence-corrected chi connectivity index (χ4v) is 10.4. The minimum absolute atomic E-state index is 0.218. The maximum atomic E-state index is 13.6. The zero-order valence-corrected chi connectivity index (χ0v) is 30.5. The van der Waals surface area contributed by atoms with Crippen molar-refractivity contribution < 1.29 is 27.4 Å². The molecule has 0 radical (unpaired) electrons. The molecule has 2 aromatic carbocycles. The minimum atomic E-state index is -3.94. The molecule has 5 aliphatic rings. The van der Waals surface area contributed by atoms with E-state index in [-0.39, 0.29) is 17.3 Å². The molecule has 2 fully saturated rings. The molecule has 1 N–H and O–H groups in total. The molecule has 1 saturated heterocycles. The van der Waals surface area contributed by atoms with Gasteiger partial charge in [-0.1, -0.05) is 36.7 Å². The molecule has 0 aromatic heterocycles. The van der Waals surface area contributed by atoms with Gasteiger partial charge in [0.05, 0.1) is 30.8 Å². The van der Waals surface area contributed by atoms with E-state index in [2.05, 4.69) is 38.8 Å². The van der Waals surface area contributed by atoms with E-state index in [1.807, 2.05) is 32.2 Å². The second kappa shape index (κ2) is 13.8. The lowest BCUT2D eigenvalue weighted by Gasteiger charge is -2.52. The number of anilines is 1. The maximum Gasteiger partial charge on any atom is 0.264 e. The van der Waals surface area contributed by atoms with Gasteiger partial charge in [-0.15, -0.1) is 0 Å². The molecule has 3 heterocycles. The third-order valence-electron chi connectivity index (χ3n) is 12.2. The van der Waals surface area contributed by atoms with Crippen molar-refractivity contribution in [2.24, 2.45) is 17.8 Å². The van der Waals surface area contributed by atoms with Crippen LogP contribution in [0.1, 0.15) is 67.4 Å². The summed E-state index contributed by atoms with van der Waals surface area (Å²) in [6.45, 7) is 9.48. The SMILES string of the molecule is CO[C@@]1(CN2CCOCC2)/C=C/C[C@H](C)[C@@H](C)S(=O)(=O)NC(=O)c2ccc3c(c2)N(C[C@@H]2CC[C@H]21)C[C@@]1(CCCc2cc(Cl)ccc21)CO3. The number of fused-ring (bicyclic) bond motifs is 4. The molecule has 1 saturated carbocycles. The van der Waals surface area contributed by atoms with Crippen molar-refractivity contribution in [2.75, 3.05) is 64.6 Å². The van der Waals surface area contributed by atoms with Crippen LogP contribution < -0.4 is 14.4 Å². The van der Waals surface area contributed by atoms with E-state index in [0.717, 1.165) is 75.5 Å². The molecule has 7 rings (SSSR count). The number of methoxy groups -OCH3 is 1. The van der Waals surface area contributed by atoms with E-state index in [0.29, 0.717) is 43.5 Å². The van der Waals surface area contributed by atoms with Crippen LogP contribution in [0, 0.1) is 17.8 Å². The van der Waals surface area contributed by atoms with Crippen LogP contribution >= 0.6 is 11.6 Å². The first-order valence-electron chi connectivity index (χ1n) is 17.9. The summed E-state index contributed by atoms with van der Waals surface area (Å²) in [5.74, 6) is 0.469. The van der Waals surface area contributed by atoms with Gasteiger partial charge in [0.25, 0.3) is 5.91 Å². The number of nitrogens with zero attached hydrogens (tertiary/aromatic N) is 2. The smallest absolute Gasteiger partial charge is 0.264 e. The zero-order chi connectivity index (χ0) is 34.4. The molecule has 2 aliphatic carbocycles. The highest BCUT2D eigenvalue weighted by atomic mass is 35.5. The number of hydrogen-bond acceptors (Lipinski definition) is 8. The van der Waals surface area contributed by atoms with Crippen LogP contribution in [0.3, 0.4) is 0 Å². The Balaban J connectivity index is 1.32. The number of allylic oxidation sites excluding steroid dienone is 1. The predicted octanol–water partition coefficient (Wildman–Crippen LogP) is 5.60. The van der Waals surface area contributed by atoms with Gasteiger partial charge in [-0.05, 0) is 105 Å². The van der Waals surface area contributed by atoms with Crippen LogP contribution in [-0.2, 0) is 31.3 Å². The Labute approximate surface area is 296 Å². The van der Waals surface area contributed by atoms with Crippen molar-refractivity contribution in [2.45, 2.75) is 68.6 Å². The topological polar surface area (TPSA) is 97.4 Å². The van der Waals surface area contributed by atoms with Crippen LogP contribution in [0.25, 0.3) is 0 Å². The number of ether oxygens (including phenoxy) is 3. The maximum absolute atomic E-state index is 13.6. The Kier molecular flexibility index (Phi) is 9.82. The molecule has 49 heavy (non-hydrogen) atoms. The average molecular weight is 712 g/mol. The third-order valence-corrected chi connectivity index (χ3v) is 14.3. The van der Waals surface area contributed by atoms with Gasteiger partial charge in [0.1, 0.15) is 11.4 Å². The lowest BCUT2D eigenvalue weighted by atomic mass is 9.63. The summed E-state index contributed by atoms with van der Waals surface area (Å²) in [5.41, 5.74) is 2.88. The lowest BCUT2D eigenvalue weighted by Crippen LogP contribution is -2.58. The first kappa shape index (κ1) is 34.8. The number of morpholine rings is 1. The molecule has 2 aromatic rings. The monoisotopic (exact) mass is 711 g/mol. The van der Waals surface area contributed by atoms with Crippen LogP contribution in [0.5, 0.6) is 5.75 Å². The van der Waals surface area contributed by atoms with Gasteiger partial charge in [-0.2, -0.15) is 0 Å². The molecule has 1 spiro atoms. The van der Waals surface area contributed by atoms with Crippen LogP contribution in [0.4, 0.5) is 5.69 Å². The molecule has 9 nitrogen and oxygen atoms in total. The number of amides is 1. The number of sulfonamides is 1. The largest absolute Gasteiger partial charge is 0.490 e. The van der Waals surface area contributed by atoms with Crippen molar-refractivity contribution in [3.63, 3.8) is 0 Å². The van der Waals surface area contributed by atoms with E-state index >= 15 is 0 Å². The fraction of sp³-hybridized carbons (Fsp3) is 0.605. The number of carbonyl (C=O) groups excluding carboxylic acids is 1. The number of benzene rings is 2. The van der Waals surface area contributed by atoms with E-state index in [1.54, 1.807) is 13.0 Å². The number of halogens is 1. The Bertz CT molecular complexity index is 1700. The molecular formula is C38H50ClN3O6S. The van der Waals surface area contributed by atoms with E-state index in [9.17, 15) is 13.2 Å². The van der Waals surface area contributed by atoms with E-state index in [4.69, 9.17) is 25.8 Å². The molecule has 1 amide bonds. The van der Waals surface area contributed by atoms with Gasteiger partial charge >= 0.3 is 0 Å². The molecule has 266 valence electrons. The zero-order valence-electron chi connectivity index (χ0n) is 29.0. The second-order valence-corrected chi connectivity index (χ2v) is 17.5. The molecule has 2 bridgehead atoms. The molecular weight excluding hydrogens is 662 g/mol. The minimum Gasteiger partial charge on any atom is -0.490 e. The Morgan fingerprint density at radius 2 is 1.92 bits per heavy atom. The second-order valence-electron chi connectivity index (χ2n) is 15.1. The Morgan fingerprint density at radius 3 is 2.67 bits per heavy atom. The fourth-order valence-electron chi connectivity index (χ4n) is 8.92. The first-order valence-corrected chi connectivity index (χ1v) is 19.8. The summed E-state index contributed by atoms with van der Waals surface area (Å²) in [7, 11) is -2.12. The van der Waals surface area contributed by atoms with Crippen LogP contribution in [-0.4, -0.2) is 89.7 Å². The highest BCUT2D eigenvalue weighted by molar-refractivity contribution is 7.90. The van der Waals surface area contributed by atoms with Gasteiger partial charge in [0, 0.05) is 55.8 Å². The van der Waals surface area contributed by atoms with Crippen molar-refractivity contribution >= 4 is 33.2 Å². The van der Waals surface area contributed by atoms with Gasteiger partial charge in [-0.25, -0.2) is 13.1 Å². The normalized spacial score (nSPS) is 34.0. The quantitative estimate of drug-likeness (QED) is 0.412. The summed E-state index contributed by atoms with van der Waals surface area (Å²) < 4.78 is 48.3. The summed E-state index contributed by atoms with van der Waals surface area (Å²) in [6, 6.07) is 11.6. The lowest BCUT2D eigenvalue weighted by molar-refractivity contribution is -0.101. The van der Waals surface area contributed by atoms with Crippen molar-refractivity contribution in [1.82, 2.24) is 9.62 Å². The van der Waals surface area contributed by atoms with Crippen molar-refractivity contribution in [1.29, 1.82) is 0 Å². The Morgan fingerprint density at radius 1 is 1.10 bits per heavy atom. The number of nitrogens with one attached hydrogen (secondary N) is 1. The number of carbonyl (C=O) groups is 1. The summed E-state index contributed by atoms with van der Waals surface area (Å²) in [6.07, 6.45) is 9.99. The first-order chi connectivity index (χ1) is 23.5. The summed E-state index contributed by atoms with van der Waals surface area (Å²) in [4.78, 5) is 18.4. The van der Waals surface area contributed by atoms with Crippen molar-refractivity contribution in [3.05, 3.63) is 70.3 Å². The van der Waals surface area contributed by atoms with E-state index in [1.165, 1.54) is 11.1 Å². The van der Waals surface area contributed by atoms with Gasteiger partial charge < -0.3 is 19.1 Å². The predicted molar refractivity (Wildman–Crippen MR) is 192 cm³/mol. The van der Waals surface area contributed by atoms with Gasteiger partial charge in [0.2, 0.25) is 10.0 Å². The molecule has 3 aliphatic heterocycles. The van der Waals surface area contributed by atoms with Crippen LogP contribution in [0.2, 0.25) is 5.02 Å². The van der Waals surface area contributed by atoms with E-state index < -0.39 is 26.8 Å². The highest BCUT2D eigenvalue weighted by Gasteiger charge is 2.50. The number of rotatable bonds is 3. The number of hydrogen-bond donors (Lipinski definition) is 1. The van der Waals surface area contributed by atoms with Gasteiger partial charge in [0.15, 0.2) is 0 Å². The summed E-state index contributed by atoms with van der Waals surface area (Å²) in [5, 5.41) is -0.0310. The third kappa shape index (κ3) is 6.76. The van der Waals surface area contributed by atoms with Crippen molar-refractivity contribution in [3.8, 4) is 5.75 Å². The van der Waals surface area contributed by atoms with Gasteiger partial charge in [-0.3, -0.25) is 9.69 Å².